The van der Waals surface area contributed by atoms with E-state index < -0.39 is 9.85 Å². The third kappa shape index (κ3) is 4.09. The first kappa shape index (κ1) is 19.8. The Morgan fingerprint density at radius 3 is 2.37 bits per heavy atom. The number of hydrogen-bond acceptors (Lipinski definition) is 7. The highest BCUT2D eigenvalue weighted by atomic mass is 16.6. The van der Waals surface area contributed by atoms with Crippen LogP contribution in [-0.2, 0) is 4.74 Å². The number of rotatable bonds is 6. The Morgan fingerprint density at radius 1 is 1.03 bits per heavy atom. The molecule has 4 rings (SSSR count). The van der Waals surface area contributed by atoms with Crippen molar-refractivity contribution >= 4 is 11.4 Å². The van der Waals surface area contributed by atoms with Gasteiger partial charge in [-0.05, 0) is 24.3 Å². The van der Waals surface area contributed by atoms with Crippen molar-refractivity contribution in [2.45, 2.75) is 6.04 Å². The molecule has 0 aliphatic carbocycles. The third-order valence-electron chi connectivity index (χ3n) is 5.15. The predicted octanol–water partition coefficient (Wildman–Crippen LogP) is 1.81. The van der Waals surface area contributed by atoms with Crippen LogP contribution in [-0.4, -0.2) is 42.8 Å². The molecule has 10 nitrogen and oxygen atoms in total. The summed E-state index contributed by atoms with van der Waals surface area (Å²) in [6.45, 7) is 2.95. The number of hydrogen-bond donors (Lipinski definition) is 1. The minimum Gasteiger partial charge on any atom is -0.489 e. The van der Waals surface area contributed by atoms with Gasteiger partial charge in [0, 0.05) is 24.3 Å². The number of nitrogens with zero attached hydrogens (tertiary/aromatic N) is 2. The molecule has 0 amide bonds. The summed E-state index contributed by atoms with van der Waals surface area (Å²) in [4.78, 5) is 22.3. The largest absolute Gasteiger partial charge is 0.489 e. The van der Waals surface area contributed by atoms with Crippen molar-refractivity contribution in [1.82, 2.24) is 0 Å². The molecule has 1 atom stereocenters. The molecule has 1 N–H and O–H groups in total. The fraction of sp³-hybridized carbons (Fsp3) is 0.300. The minimum absolute atomic E-state index is 0.00661. The van der Waals surface area contributed by atoms with E-state index in [0.717, 1.165) is 18.7 Å². The van der Waals surface area contributed by atoms with Crippen molar-refractivity contribution in [3.8, 4) is 11.5 Å². The zero-order chi connectivity index (χ0) is 21.1. The van der Waals surface area contributed by atoms with Crippen molar-refractivity contribution < 1.29 is 29.0 Å². The minimum atomic E-state index is -0.468. The van der Waals surface area contributed by atoms with E-state index >= 15 is 0 Å². The number of nitrogens with one attached hydrogen (secondary N) is 1. The lowest BCUT2D eigenvalue weighted by Gasteiger charge is -2.29. The maximum Gasteiger partial charge on any atom is 0.270 e. The first-order valence-electron chi connectivity index (χ1n) is 9.49. The van der Waals surface area contributed by atoms with Crippen molar-refractivity contribution in [2.75, 3.05) is 32.9 Å². The normalized spacial score (nSPS) is 19.9. The lowest BCUT2D eigenvalue weighted by molar-refractivity contribution is -0.933. The highest BCUT2D eigenvalue weighted by Crippen LogP contribution is 2.39. The van der Waals surface area contributed by atoms with E-state index in [-0.39, 0.29) is 24.0 Å². The molecule has 10 heteroatoms. The fourth-order valence-electron chi connectivity index (χ4n) is 3.69. The second-order valence-corrected chi connectivity index (χ2v) is 6.95. The van der Waals surface area contributed by atoms with Gasteiger partial charge < -0.3 is 19.1 Å². The van der Waals surface area contributed by atoms with Crippen LogP contribution >= 0.6 is 0 Å². The Hall–Kier alpha value is -3.50. The number of nitro benzene ring substituents is 2. The maximum atomic E-state index is 11.2. The van der Waals surface area contributed by atoms with E-state index in [4.69, 9.17) is 14.2 Å². The van der Waals surface area contributed by atoms with E-state index in [0.29, 0.717) is 30.5 Å². The summed E-state index contributed by atoms with van der Waals surface area (Å²) in [5.74, 6) is 1.77. The van der Waals surface area contributed by atoms with Crippen LogP contribution in [0.25, 0.3) is 0 Å². The molecule has 1 saturated heterocycles. The average molecular weight is 414 g/mol. The van der Waals surface area contributed by atoms with Crippen LogP contribution in [0.15, 0.2) is 54.3 Å². The van der Waals surface area contributed by atoms with Gasteiger partial charge in [0.05, 0.1) is 28.6 Å². The molecule has 2 aliphatic rings. The standard InChI is InChI=1S/C20H19N3O7/c24-22(25)14-1-4-16(5-2-14)29-10-7-19-20(21-8-11-28-12-9-21)17-13-15(23(26)27)3-6-18(17)30-19/h1-7,13,20H,8-12H2/p+1/b19-7+/t20-/m1/s1. The first-order valence-corrected chi connectivity index (χ1v) is 9.49. The SMILES string of the molecule is O=[N+]([O-])c1ccc(OC/C=C2/Oc3ccc([N+](=O)[O-])cc3[C@H]2[NH+]2CCOCC2)cc1. The number of non-ortho nitro benzene ring substituents is 2. The Morgan fingerprint density at radius 2 is 1.70 bits per heavy atom. The van der Waals surface area contributed by atoms with Gasteiger partial charge in [0.25, 0.3) is 11.4 Å². The number of nitro groups is 2. The maximum absolute atomic E-state index is 11.2. The van der Waals surface area contributed by atoms with E-state index in [2.05, 4.69) is 0 Å². The van der Waals surface area contributed by atoms with E-state index in [9.17, 15) is 20.2 Å². The zero-order valence-corrected chi connectivity index (χ0v) is 16.0. The lowest BCUT2D eigenvalue weighted by Crippen LogP contribution is -3.14. The van der Waals surface area contributed by atoms with Gasteiger partial charge in [-0.3, -0.25) is 20.2 Å². The van der Waals surface area contributed by atoms with E-state index in [1.807, 2.05) is 0 Å². The monoisotopic (exact) mass is 414 g/mol. The smallest absolute Gasteiger partial charge is 0.270 e. The topological polar surface area (TPSA) is 118 Å². The second-order valence-electron chi connectivity index (χ2n) is 6.95. The number of quaternary nitrogens is 1. The van der Waals surface area contributed by atoms with Gasteiger partial charge in [0.1, 0.15) is 31.2 Å². The van der Waals surface area contributed by atoms with E-state index in [1.165, 1.54) is 35.2 Å². The molecule has 2 heterocycles. The van der Waals surface area contributed by atoms with Crippen LogP contribution in [0.1, 0.15) is 11.6 Å². The highest BCUT2D eigenvalue weighted by molar-refractivity contribution is 5.50. The van der Waals surface area contributed by atoms with Gasteiger partial charge in [-0.25, -0.2) is 0 Å². The molecule has 0 bridgehead atoms. The highest BCUT2D eigenvalue weighted by Gasteiger charge is 2.39. The zero-order valence-electron chi connectivity index (χ0n) is 16.0. The Labute approximate surface area is 171 Å². The Kier molecular flexibility index (Phi) is 5.59. The summed E-state index contributed by atoms with van der Waals surface area (Å²) in [6, 6.07) is 10.3. The molecule has 30 heavy (non-hydrogen) atoms. The second kappa shape index (κ2) is 8.47. The van der Waals surface area contributed by atoms with Gasteiger partial charge in [0.15, 0.2) is 11.8 Å². The van der Waals surface area contributed by atoms with Crippen LogP contribution in [0.2, 0.25) is 0 Å². The van der Waals surface area contributed by atoms with Gasteiger partial charge >= 0.3 is 0 Å². The molecule has 2 aliphatic heterocycles. The van der Waals surface area contributed by atoms with Crippen LogP contribution in [0, 0.1) is 20.2 Å². The summed E-state index contributed by atoms with van der Waals surface area (Å²) in [5.41, 5.74) is 0.800. The number of benzene rings is 2. The van der Waals surface area contributed by atoms with Crippen LogP contribution in [0.4, 0.5) is 11.4 Å². The molecule has 0 unspecified atom stereocenters. The number of fused-ring (bicyclic) bond motifs is 1. The molecule has 0 spiro atoms. The Balaban J connectivity index is 1.54. The van der Waals surface area contributed by atoms with Crippen molar-refractivity contribution in [2.24, 2.45) is 0 Å². The molecule has 0 saturated carbocycles. The van der Waals surface area contributed by atoms with Gasteiger partial charge in [0.2, 0.25) is 0 Å². The third-order valence-corrected chi connectivity index (χ3v) is 5.15. The molecule has 156 valence electrons. The summed E-state index contributed by atoms with van der Waals surface area (Å²) in [5, 5.41) is 22.0. The predicted molar refractivity (Wildman–Crippen MR) is 105 cm³/mol. The van der Waals surface area contributed by atoms with Gasteiger partial charge in [-0.2, -0.15) is 0 Å². The summed E-state index contributed by atoms with van der Waals surface area (Å²) >= 11 is 0. The number of ether oxygens (including phenoxy) is 3. The van der Waals surface area contributed by atoms with Gasteiger partial charge in [-0.15, -0.1) is 0 Å². The quantitative estimate of drug-likeness (QED) is 0.566. The van der Waals surface area contributed by atoms with Crippen LogP contribution < -0.4 is 14.4 Å². The molecule has 2 aromatic carbocycles. The molecule has 0 radical (unpaired) electrons. The van der Waals surface area contributed by atoms with Crippen molar-refractivity contribution in [3.63, 3.8) is 0 Å². The molecule has 2 aromatic rings. The van der Waals surface area contributed by atoms with Crippen LogP contribution in [0.5, 0.6) is 11.5 Å². The van der Waals surface area contributed by atoms with Crippen molar-refractivity contribution in [1.29, 1.82) is 0 Å². The van der Waals surface area contributed by atoms with Gasteiger partial charge in [-0.1, -0.05) is 0 Å². The molecular formula is C20H20N3O7+. The molecule has 1 fully saturated rings. The van der Waals surface area contributed by atoms with Crippen molar-refractivity contribution in [3.05, 3.63) is 80.1 Å². The summed E-state index contributed by atoms with van der Waals surface area (Å²) in [7, 11) is 0. The lowest BCUT2D eigenvalue weighted by atomic mass is 10.0. The average Bonchev–Trinajstić information content (AvgIpc) is 3.12. The summed E-state index contributed by atoms with van der Waals surface area (Å²) in [6.07, 6.45) is 1.81. The molecular weight excluding hydrogens is 394 g/mol. The fourth-order valence-corrected chi connectivity index (χ4v) is 3.69. The summed E-state index contributed by atoms with van der Waals surface area (Å²) < 4.78 is 17.1. The Bertz CT molecular complexity index is 984. The van der Waals surface area contributed by atoms with E-state index in [1.54, 1.807) is 18.2 Å². The number of morpholine rings is 1. The van der Waals surface area contributed by atoms with Crippen LogP contribution in [0.3, 0.4) is 0 Å². The molecule has 0 aromatic heterocycles. The first-order chi connectivity index (χ1) is 14.5.